The average molecular weight is 375 g/mol. The van der Waals surface area contributed by atoms with E-state index in [2.05, 4.69) is 25.3 Å². The first-order valence-corrected chi connectivity index (χ1v) is 8.61. The number of nitrogen functional groups attached to an aromatic ring is 1. The van der Waals surface area contributed by atoms with Crippen LogP contribution in [0.25, 0.3) is 5.52 Å². The zero-order chi connectivity index (χ0) is 19.3. The maximum absolute atomic E-state index is 14.2. The van der Waals surface area contributed by atoms with Crippen molar-refractivity contribution in [3.63, 3.8) is 0 Å². The van der Waals surface area contributed by atoms with Gasteiger partial charge in [0.2, 0.25) is 0 Å². The summed E-state index contributed by atoms with van der Waals surface area (Å²) in [6.45, 7) is 0.607. The van der Waals surface area contributed by atoms with E-state index < -0.39 is 6.04 Å². The standard InChI is InChI=1S/C18H14FN9/c19-10-2-1-4-28-15(10)7-13(26-28)18-17-12(22-9-23-17)3-5-27(18)16-6-11(21)14(8-20)24-25-16/h1-2,4,6-7,9,18H,3,5H2,(H2,21,25)(H,22,23)/t18-/m1/s1. The fourth-order valence-electron chi connectivity index (χ4n) is 3.58. The number of aromatic nitrogens is 6. The van der Waals surface area contributed by atoms with Crippen LogP contribution >= 0.6 is 0 Å². The number of nitrogens with two attached hydrogens (primary N) is 1. The summed E-state index contributed by atoms with van der Waals surface area (Å²) in [5, 5.41) is 21.7. The van der Waals surface area contributed by atoms with Gasteiger partial charge in [-0.3, -0.25) is 0 Å². The molecule has 10 heteroatoms. The fourth-order valence-corrected chi connectivity index (χ4v) is 3.58. The molecule has 0 aliphatic carbocycles. The number of pyridine rings is 1. The van der Waals surface area contributed by atoms with Crippen LogP contribution in [0, 0.1) is 17.1 Å². The fraction of sp³-hybridized carbons (Fsp3) is 0.167. The second kappa shape index (κ2) is 6.02. The second-order valence-corrected chi connectivity index (χ2v) is 6.49. The summed E-state index contributed by atoms with van der Waals surface area (Å²) in [4.78, 5) is 9.59. The van der Waals surface area contributed by atoms with E-state index >= 15 is 0 Å². The second-order valence-electron chi connectivity index (χ2n) is 6.49. The Morgan fingerprint density at radius 3 is 3.00 bits per heavy atom. The lowest BCUT2D eigenvalue weighted by atomic mass is 9.99. The summed E-state index contributed by atoms with van der Waals surface area (Å²) >= 11 is 0. The van der Waals surface area contributed by atoms with Gasteiger partial charge in [0.15, 0.2) is 11.5 Å². The van der Waals surface area contributed by atoms with Gasteiger partial charge < -0.3 is 15.6 Å². The molecule has 5 rings (SSSR count). The molecule has 0 bridgehead atoms. The molecule has 3 N–H and O–H groups in total. The van der Waals surface area contributed by atoms with E-state index in [1.807, 2.05) is 11.0 Å². The quantitative estimate of drug-likeness (QED) is 0.545. The van der Waals surface area contributed by atoms with Crippen molar-refractivity contribution >= 4 is 17.0 Å². The maximum Gasteiger partial charge on any atom is 0.186 e. The molecule has 4 aromatic heterocycles. The Morgan fingerprint density at radius 2 is 2.21 bits per heavy atom. The number of hydrogen-bond donors (Lipinski definition) is 2. The monoisotopic (exact) mass is 375 g/mol. The Hall–Kier alpha value is -4.00. The van der Waals surface area contributed by atoms with Crippen molar-refractivity contribution in [2.24, 2.45) is 0 Å². The number of nitrogens with one attached hydrogen (secondary N) is 1. The molecule has 1 atom stereocenters. The third kappa shape index (κ3) is 2.37. The summed E-state index contributed by atoms with van der Waals surface area (Å²) in [5.74, 6) is 0.154. The molecule has 9 nitrogen and oxygen atoms in total. The van der Waals surface area contributed by atoms with Crippen LogP contribution in [-0.4, -0.2) is 36.3 Å². The molecule has 0 spiro atoms. The molecule has 0 aromatic carbocycles. The number of H-pyrrole nitrogens is 1. The van der Waals surface area contributed by atoms with Crippen molar-refractivity contribution < 1.29 is 4.39 Å². The largest absolute Gasteiger partial charge is 0.396 e. The van der Waals surface area contributed by atoms with Gasteiger partial charge in [0, 0.05) is 30.9 Å². The molecule has 1 aliphatic heterocycles. The van der Waals surface area contributed by atoms with E-state index in [9.17, 15) is 4.39 Å². The Bertz CT molecular complexity index is 1240. The zero-order valence-corrected chi connectivity index (χ0v) is 14.5. The maximum atomic E-state index is 14.2. The van der Waals surface area contributed by atoms with E-state index in [0.29, 0.717) is 23.6 Å². The summed E-state index contributed by atoms with van der Waals surface area (Å²) in [7, 11) is 0. The van der Waals surface area contributed by atoms with Crippen LogP contribution in [-0.2, 0) is 6.42 Å². The Labute approximate surface area is 158 Å². The molecule has 1 aliphatic rings. The topological polar surface area (TPSA) is 125 Å². The smallest absolute Gasteiger partial charge is 0.186 e. The average Bonchev–Trinajstić information content (AvgIpc) is 3.34. The van der Waals surface area contributed by atoms with Crippen molar-refractivity contribution in [1.29, 1.82) is 5.26 Å². The minimum Gasteiger partial charge on any atom is -0.396 e. The number of nitrogens with zero attached hydrogens (tertiary/aromatic N) is 7. The molecule has 0 fully saturated rings. The molecule has 5 heterocycles. The molecule has 0 saturated heterocycles. The van der Waals surface area contributed by atoms with Crippen LogP contribution in [0.15, 0.2) is 36.8 Å². The first kappa shape index (κ1) is 16.2. The number of aromatic amines is 1. The highest BCUT2D eigenvalue weighted by atomic mass is 19.1. The lowest BCUT2D eigenvalue weighted by Gasteiger charge is -2.34. The summed E-state index contributed by atoms with van der Waals surface area (Å²) in [6.07, 6.45) is 4.05. The third-order valence-corrected chi connectivity index (χ3v) is 4.88. The normalized spacial score (nSPS) is 16.1. The molecule has 138 valence electrons. The number of nitriles is 1. The van der Waals surface area contributed by atoms with Crippen LogP contribution in [0.2, 0.25) is 0 Å². The van der Waals surface area contributed by atoms with Crippen LogP contribution < -0.4 is 10.6 Å². The van der Waals surface area contributed by atoms with E-state index in [1.165, 1.54) is 10.6 Å². The Balaban J connectivity index is 1.67. The number of anilines is 2. The van der Waals surface area contributed by atoms with Gasteiger partial charge in [0.05, 0.1) is 23.4 Å². The summed E-state index contributed by atoms with van der Waals surface area (Å²) < 4.78 is 15.7. The zero-order valence-electron chi connectivity index (χ0n) is 14.5. The highest BCUT2D eigenvalue weighted by molar-refractivity contribution is 5.59. The minimum absolute atomic E-state index is 0.0765. The molecule has 4 aromatic rings. The summed E-state index contributed by atoms with van der Waals surface area (Å²) in [5.41, 5.74) is 9.06. The van der Waals surface area contributed by atoms with Crippen molar-refractivity contribution in [2.75, 3.05) is 17.2 Å². The number of imidazole rings is 1. The van der Waals surface area contributed by atoms with Gasteiger partial charge in [0.1, 0.15) is 23.4 Å². The highest BCUT2D eigenvalue weighted by Gasteiger charge is 2.34. The molecule has 0 amide bonds. The van der Waals surface area contributed by atoms with Gasteiger partial charge in [-0.15, -0.1) is 10.2 Å². The third-order valence-electron chi connectivity index (χ3n) is 4.88. The predicted molar refractivity (Wildman–Crippen MR) is 97.8 cm³/mol. The molecule has 0 unspecified atom stereocenters. The lowest BCUT2D eigenvalue weighted by Crippen LogP contribution is -2.37. The molecule has 28 heavy (non-hydrogen) atoms. The lowest BCUT2D eigenvalue weighted by molar-refractivity contribution is 0.605. The van der Waals surface area contributed by atoms with Crippen molar-refractivity contribution in [3.8, 4) is 6.07 Å². The number of halogens is 1. The number of fused-ring (bicyclic) bond motifs is 2. The molecular formula is C18H14FN9. The number of rotatable bonds is 2. The van der Waals surface area contributed by atoms with Crippen molar-refractivity contribution in [1.82, 2.24) is 29.8 Å². The van der Waals surface area contributed by atoms with Gasteiger partial charge in [-0.25, -0.2) is 13.9 Å². The summed E-state index contributed by atoms with van der Waals surface area (Å²) in [6, 6.07) is 7.84. The van der Waals surface area contributed by atoms with Gasteiger partial charge in [-0.1, -0.05) is 0 Å². The highest BCUT2D eigenvalue weighted by Crippen LogP contribution is 2.36. The van der Waals surface area contributed by atoms with Crippen molar-refractivity contribution in [2.45, 2.75) is 12.5 Å². The van der Waals surface area contributed by atoms with Crippen LogP contribution in [0.1, 0.15) is 28.8 Å². The molecule has 0 saturated carbocycles. The van der Waals surface area contributed by atoms with Gasteiger partial charge in [0.25, 0.3) is 0 Å². The van der Waals surface area contributed by atoms with E-state index in [1.54, 1.807) is 30.7 Å². The predicted octanol–water partition coefficient (Wildman–Crippen LogP) is 1.59. The van der Waals surface area contributed by atoms with Crippen molar-refractivity contribution in [3.05, 3.63) is 65.4 Å². The molecular weight excluding hydrogens is 361 g/mol. The van der Waals surface area contributed by atoms with E-state index in [4.69, 9.17) is 11.0 Å². The molecule has 0 radical (unpaired) electrons. The Kier molecular flexibility index (Phi) is 3.48. The Morgan fingerprint density at radius 1 is 1.32 bits per heavy atom. The number of hydrogen-bond acceptors (Lipinski definition) is 7. The SMILES string of the molecule is N#Cc1nnc(N2CCc3[nH]cnc3[C@H]2c2cc3c(F)cccn3n2)cc1N. The van der Waals surface area contributed by atoms with E-state index in [0.717, 1.165) is 17.8 Å². The van der Waals surface area contributed by atoms with E-state index in [-0.39, 0.29) is 17.2 Å². The van der Waals surface area contributed by atoms with Gasteiger partial charge in [-0.05, 0) is 18.2 Å². The van der Waals surface area contributed by atoms with Crippen LogP contribution in [0.4, 0.5) is 15.9 Å². The van der Waals surface area contributed by atoms with Crippen LogP contribution in [0.5, 0.6) is 0 Å². The van der Waals surface area contributed by atoms with Crippen LogP contribution in [0.3, 0.4) is 0 Å². The first-order chi connectivity index (χ1) is 13.7. The minimum atomic E-state index is -0.393. The first-order valence-electron chi connectivity index (χ1n) is 8.61. The van der Waals surface area contributed by atoms with Gasteiger partial charge >= 0.3 is 0 Å². The van der Waals surface area contributed by atoms with Gasteiger partial charge in [-0.2, -0.15) is 10.4 Å².